The molecule has 0 spiro atoms. The second kappa shape index (κ2) is 7.42. The molecule has 4 N–H and O–H groups in total. The summed E-state index contributed by atoms with van der Waals surface area (Å²) in [5.74, 6) is 0. The average Bonchev–Trinajstić information content (AvgIpc) is 1.84. The Kier molecular flexibility index (Phi) is 9.45. The molecule has 9 nitrogen and oxygen atoms in total. The molecular weight excluding hydrogens is 302 g/mol. The molecule has 0 aliphatic rings. The minimum absolute atomic E-state index is 0.808. The monoisotopic (exact) mass is 306 g/mol. The molecule has 0 aromatic heterocycles. The summed E-state index contributed by atoms with van der Waals surface area (Å²) in [5, 5.41) is 0. The average molecular weight is 306 g/mol. The van der Waals surface area contributed by atoms with E-state index in [0.29, 0.717) is 0 Å². The van der Waals surface area contributed by atoms with Gasteiger partial charge in [-0.2, -0.15) is 0 Å². The van der Waals surface area contributed by atoms with E-state index < -0.39 is 40.6 Å². The molecular formula is H4NO8S2Ti2. The van der Waals surface area contributed by atoms with Crippen LogP contribution in [0.4, 0.5) is 0 Å². The summed E-state index contributed by atoms with van der Waals surface area (Å²) in [6.07, 6.45) is 0. The van der Waals surface area contributed by atoms with Crippen LogP contribution in [-0.2, 0) is 66.9 Å². The van der Waals surface area contributed by atoms with Crippen LogP contribution in [0.5, 0.6) is 0 Å². The molecule has 0 aromatic carbocycles. The van der Waals surface area contributed by atoms with Gasteiger partial charge in [0.05, 0.1) is 0 Å². The Balaban J connectivity index is 0. The van der Waals surface area contributed by atoms with Crippen molar-refractivity contribution in [2.24, 2.45) is 0 Å². The number of quaternary nitrogens is 1. The van der Waals surface area contributed by atoms with E-state index >= 15 is 0 Å². The first-order chi connectivity index (χ1) is 5.62. The van der Waals surface area contributed by atoms with Crippen molar-refractivity contribution in [1.82, 2.24) is 0 Å². The Morgan fingerprint density at radius 1 is 1.38 bits per heavy atom. The Morgan fingerprint density at radius 2 is 1.69 bits per heavy atom. The van der Waals surface area contributed by atoms with Crippen LogP contribution in [0, 0.1) is 0 Å². The number of hydrogen-bond acceptors (Lipinski definition) is 7. The summed E-state index contributed by atoms with van der Waals surface area (Å²) in [6.45, 7) is 0. The summed E-state index contributed by atoms with van der Waals surface area (Å²) >= 11 is -0.370. The fourth-order valence-corrected chi connectivity index (χ4v) is 0.921. The molecule has 13 heavy (non-hydrogen) atoms. The maximum absolute atomic E-state index is 9.56. The van der Waals surface area contributed by atoms with E-state index in [9.17, 15) is 21.4 Å². The van der Waals surface area contributed by atoms with Crippen molar-refractivity contribution in [3.8, 4) is 0 Å². The SMILES string of the molecule is O=S(=O)([O-])[O][Ti].[NH3+][Ti][O]S(=O)(=O)O. The van der Waals surface area contributed by atoms with E-state index in [1.165, 1.54) is 0 Å². The van der Waals surface area contributed by atoms with Crippen LogP contribution < -0.4 is 4.22 Å². The van der Waals surface area contributed by atoms with Crippen molar-refractivity contribution < 1.29 is 76.3 Å². The molecule has 0 unspecified atom stereocenters. The molecule has 0 atom stereocenters. The third-order valence-electron chi connectivity index (χ3n) is 0.266. The summed E-state index contributed by atoms with van der Waals surface area (Å²) in [6, 6.07) is 0. The van der Waals surface area contributed by atoms with E-state index in [4.69, 9.17) is 4.55 Å². The first-order valence-corrected chi connectivity index (χ1v) is 7.19. The Hall–Kier alpha value is 1.13. The Morgan fingerprint density at radius 3 is 1.69 bits per heavy atom. The zero-order valence-electron chi connectivity index (χ0n) is 5.83. The van der Waals surface area contributed by atoms with Gasteiger partial charge in [-0.1, -0.05) is 0 Å². The van der Waals surface area contributed by atoms with E-state index in [0.717, 1.165) is 20.8 Å². The summed E-state index contributed by atoms with van der Waals surface area (Å²) in [4.78, 5) is 0. The van der Waals surface area contributed by atoms with Crippen LogP contribution >= 0.6 is 0 Å². The van der Waals surface area contributed by atoms with Crippen LogP contribution in [-0.4, -0.2) is 25.9 Å². The van der Waals surface area contributed by atoms with Gasteiger partial charge in [0.25, 0.3) is 0 Å². The summed E-state index contributed by atoms with van der Waals surface area (Å²) in [5.41, 5.74) is 0. The van der Waals surface area contributed by atoms with Gasteiger partial charge in [0.1, 0.15) is 0 Å². The third-order valence-corrected chi connectivity index (χ3v) is 3.29. The molecule has 0 saturated carbocycles. The first-order valence-electron chi connectivity index (χ1n) is 2.11. The molecule has 0 aromatic rings. The number of hydrogen-bond donors (Lipinski definition) is 2. The van der Waals surface area contributed by atoms with Crippen molar-refractivity contribution in [1.29, 1.82) is 0 Å². The second-order valence-corrected chi connectivity index (χ2v) is 5.16. The molecule has 0 aliphatic carbocycles. The van der Waals surface area contributed by atoms with Crippen LogP contribution in [0.15, 0.2) is 0 Å². The fourth-order valence-electron chi connectivity index (χ4n) is 0.0745. The minimum atomic E-state index is -4.41. The second-order valence-electron chi connectivity index (χ2n) is 1.15. The summed E-state index contributed by atoms with van der Waals surface area (Å²) in [7, 11) is -8.59. The number of rotatable bonds is 3. The van der Waals surface area contributed by atoms with Crippen LogP contribution in [0.1, 0.15) is 0 Å². The van der Waals surface area contributed by atoms with Gasteiger partial charge in [0.15, 0.2) is 0 Å². The molecule has 0 aliphatic heterocycles. The Labute approximate surface area is 96.5 Å². The van der Waals surface area contributed by atoms with Crippen molar-refractivity contribution in [3.63, 3.8) is 0 Å². The van der Waals surface area contributed by atoms with Crippen LogP contribution in [0.2, 0.25) is 0 Å². The van der Waals surface area contributed by atoms with Gasteiger partial charge >= 0.3 is 97.1 Å². The molecule has 0 radical (unpaired) electrons. The zero-order valence-corrected chi connectivity index (χ0v) is 10.6. The van der Waals surface area contributed by atoms with Gasteiger partial charge in [-0.25, -0.2) is 0 Å². The third kappa shape index (κ3) is 24.6. The molecule has 0 bridgehead atoms. The molecule has 0 saturated heterocycles. The normalized spacial score (nSPS) is 11.2. The van der Waals surface area contributed by atoms with Crippen molar-refractivity contribution >= 4 is 20.8 Å². The van der Waals surface area contributed by atoms with Crippen molar-refractivity contribution in [2.45, 2.75) is 0 Å². The van der Waals surface area contributed by atoms with Crippen molar-refractivity contribution in [2.75, 3.05) is 0 Å². The fraction of sp³-hybridized carbons (Fsp3) is 0. The molecule has 0 amide bonds. The van der Waals surface area contributed by atoms with Gasteiger partial charge in [-0.05, 0) is 0 Å². The molecule has 0 rings (SSSR count). The van der Waals surface area contributed by atoms with Crippen molar-refractivity contribution in [3.05, 3.63) is 0 Å². The van der Waals surface area contributed by atoms with Gasteiger partial charge < -0.3 is 0 Å². The van der Waals surface area contributed by atoms with Gasteiger partial charge in [-0.15, -0.1) is 0 Å². The molecule has 0 heterocycles. The van der Waals surface area contributed by atoms with Gasteiger partial charge in [0, 0.05) is 0 Å². The topological polar surface area (TPSA) is 158 Å². The van der Waals surface area contributed by atoms with Crippen LogP contribution in [0.3, 0.4) is 0 Å². The Bertz CT molecular complexity index is 301. The van der Waals surface area contributed by atoms with E-state index in [2.05, 4.69) is 9.74 Å². The quantitative estimate of drug-likeness (QED) is 0.315. The van der Waals surface area contributed by atoms with Gasteiger partial charge in [0.2, 0.25) is 0 Å². The maximum atomic E-state index is 9.56. The zero-order chi connectivity index (χ0) is 11.1. The molecule has 77 valence electrons. The van der Waals surface area contributed by atoms with E-state index in [1.54, 1.807) is 0 Å². The van der Waals surface area contributed by atoms with E-state index in [-0.39, 0.29) is 0 Å². The van der Waals surface area contributed by atoms with Gasteiger partial charge in [-0.3, -0.25) is 0 Å². The van der Waals surface area contributed by atoms with Crippen LogP contribution in [0.25, 0.3) is 0 Å². The predicted molar refractivity (Wildman–Crippen MR) is 26.3 cm³/mol. The molecule has 13 heteroatoms. The van der Waals surface area contributed by atoms with E-state index in [1.807, 2.05) is 0 Å². The first kappa shape index (κ1) is 16.6. The molecule has 0 fully saturated rings. The summed E-state index contributed by atoms with van der Waals surface area (Å²) < 4.78 is 64.8. The predicted octanol–water partition coefficient (Wildman–Crippen LogP) is -3.11. The standard InChI is InChI=1S/H3N.2H2O4S.2Ti/c;2*1-5(2,3)4;;/h1H3;2*(H2,1,2,3,4);;/q;;;+1;+2/p-3.